The average molecular weight is 324 g/mol. The van der Waals surface area contributed by atoms with Crippen LogP contribution in [-0.4, -0.2) is 40.0 Å². The van der Waals surface area contributed by atoms with Crippen LogP contribution in [0.15, 0.2) is 22.8 Å². The lowest BCUT2D eigenvalue weighted by atomic mass is 9.72. The van der Waals surface area contributed by atoms with Gasteiger partial charge in [0.2, 0.25) is 0 Å². The lowest BCUT2D eigenvalue weighted by Gasteiger charge is -2.35. The first kappa shape index (κ1) is 18.6. The number of Topliss-reactive ketones (excluding diaryl/α,β-unsaturated/α-hetero) is 1. The van der Waals surface area contributed by atoms with Crippen molar-refractivity contribution in [2.45, 2.75) is 46.6 Å². The van der Waals surface area contributed by atoms with Gasteiger partial charge in [0.25, 0.3) is 0 Å². The Balaban J connectivity index is 2.95. The highest BCUT2D eigenvalue weighted by molar-refractivity contribution is 6.03. The third kappa shape index (κ3) is 4.51. The van der Waals surface area contributed by atoms with Crippen molar-refractivity contribution in [3.63, 3.8) is 0 Å². The van der Waals surface area contributed by atoms with Crippen molar-refractivity contribution in [1.29, 1.82) is 0 Å². The molecule has 0 aromatic carbocycles. The standard InChI is InChI=1S/C16H20O7/c1-8-9(2)16(3,4)7-11(14(8)20)23-13(19)6-10(15(21)22)5-12(17)18/h6,11H,5,7H2,1-4H3,(H,17,18)(H,21,22)/b10-6-. The smallest absolute Gasteiger partial charge is 0.332 e. The topological polar surface area (TPSA) is 118 Å². The van der Waals surface area contributed by atoms with Crippen LogP contribution < -0.4 is 0 Å². The number of ketones is 1. The zero-order valence-electron chi connectivity index (χ0n) is 13.5. The fourth-order valence-corrected chi connectivity index (χ4v) is 2.41. The van der Waals surface area contributed by atoms with E-state index in [-0.39, 0.29) is 17.6 Å². The summed E-state index contributed by atoms with van der Waals surface area (Å²) in [4.78, 5) is 45.5. The number of carbonyl (C=O) groups excluding carboxylic acids is 2. The summed E-state index contributed by atoms with van der Waals surface area (Å²) in [6.45, 7) is 7.34. The zero-order valence-corrected chi connectivity index (χ0v) is 13.5. The maximum Gasteiger partial charge on any atom is 0.332 e. The number of esters is 1. The predicted molar refractivity (Wildman–Crippen MR) is 79.6 cm³/mol. The van der Waals surface area contributed by atoms with E-state index in [4.69, 9.17) is 14.9 Å². The second kappa shape index (κ2) is 6.76. The molecule has 0 bridgehead atoms. The minimum absolute atomic E-state index is 0.288. The third-order valence-electron chi connectivity index (χ3n) is 4.10. The van der Waals surface area contributed by atoms with Crippen molar-refractivity contribution in [3.05, 3.63) is 22.8 Å². The van der Waals surface area contributed by atoms with E-state index in [1.807, 2.05) is 20.8 Å². The molecule has 0 aromatic rings. The lowest BCUT2D eigenvalue weighted by Crippen LogP contribution is -2.38. The molecule has 0 radical (unpaired) electrons. The molecule has 1 rings (SSSR count). The Morgan fingerprint density at radius 3 is 2.30 bits per heavy atom. The quantitative estimate of drug-likeness (QED) is 0.584. The van der Waals surface area contributed by atoms with E-state index >= 15 is 0 Å². The van der Waals surface area contributed by atoms with Gasteiger partial charge in [0.1, 0.15) is 0 Å². The molecule has 1 unspecified atom stereocenters. The van der Waals surface area contributed by atoms with Crippen LogP contribution >= 0.6 is 0 Å². The van der Waals surface area contributed by atoms with E-state index in [1.54, 1.807) is 6.92 Å². The zero-order chi connectivity index (χ0) is 17.9. The second-order valence-electron chi connectivity index (χ2n) is 6.17. The number of rotatable bonds is 5. The summed E-state index contributed by atoms with van der Waals surface area (Å²) in [7, 11) is 0. The lowest BCUT2D eigenvalue weighted by molar-refractivity contribution is -0.151. The Bertz CT molecular complexity index is 622. The molecule has 0 fully saturated rings. The van der Waals surface area contributed by atoms with Gasteiger partial charge >= 0.3 is 17.9 Å². The Labute approximate surface area is 133 Å². The first-order valence-corrected chi connectivity index (χ1v) is 7.04. The van der Waals surface area contributed by atoms with Gasteiger partial charge in [-0.3, -0.25) is 9.59 Å². The molecule has 126 valence electrons. The van der Waals surface area contributed by atoms with E-state index in [0.717, 1.165) is 5.57 Å². The molecule has 0 aromatic heterocycles. The number of carboxylic acids is 2. The van der Waals surface area contributed by atoms with Gasteiger partial charge in [-0.2, -0.15) is 0 Å². The van der Waals surface area contributed by atoms with E-state index in [0.29, 0.717) is 11.6 Å². The first-order valence-electron chi connectivity index (χ1n) is 7.04. The fourth-order valence-electron chi connectivity index (χ4n) is 2.41. The normalized spacial score (nSPS) is 21.1. The summed E-state index contributed by atoms with van der Waals surface area (Å²) in [6, 6.07) is 0. The molecule has 0 aliphatic heterocycles. The summed E-state index contributed by atoms with van der Waals surface area (Å²) >= 11 is 0. The summed E-state index contributed by atoms with van der Waals surface area (Å²) in [5.74, 6) is -4.26. The van der Waals surface area contributed by atoms with Crippen LogP contribution in [0.25, 0.3) is 0 Å². The van der Waals surface area contributed by atoms with Gasteiger partial charge in [0.05, 0.1) is 12.0 Å². The third-order valence-corrected chi connectivity index (χ3v) is 4.10. The number of carbonyl (C=O) groups is 4. The molecule has 2 N–H and O–H groups in total. The number of aliphatic carboxylic acids is 2. The van der Waals surface area contributed by atoms with Crippen LogP contribution in [0.1, 0.15) is 40.5 Å². The number of allylic oxidation sites excluding steroid dienone is 1. The van der Waals surface area contributed by atoms with Crippen molar-refractivity contribution in [1.82, 2.24) is 0 Å². The summed E-state index contributed by atoms with van der Waals surface area (Å²) in [5.41, 5.74) is 0.506. The highest BCUT2D eigenvalue weighted by Gasteiger charge is 2.38. The van der Waals surface area contributed by atoms with Crippen LogP contribution in [0.2, 0.25) is 0 Å². The molecule has 0 heterocycles. The van der Waals surface area contributed by atoms with Crippen molar-refractivity contribution in [2.75, 3.05) is 0 Å². The van der Waals surface area contributed by atoms with Crippen LogP contribution in [0, 0.1) is 5.41 Å². The largest absolute Gasteiger partial charge is 0.481 e. The highest BCUT2D eigenvalue weighted by atomic mass is 16.5. The Morgan fingerprint density at radius 2 is 1.83 bits per heavy atom. The molecular formula is C16H20O7. The molecule has 0 saturated carbocycles. The maximum absolute atomic E-state index is 12.2. The number of hydrogen-bond donors (Lipinski definition) is 2. The molecular weight excluding hydrogens is 304 g/mol. The number of ether oxygens (including phenoxy) is 1. The van der Waals surface area contributed by atoms with Crippen molar-refractivity contribution >= 4 is 23.7 Å². The van der Waals surface area contributed by atoms with E-state index in [1.165, 1.54) is 0 Å². The first-order chi connectivity index (χ1) is 10.5. The van der Waals surface area contributed by atoms with Crippen molar-refractivity contribution < 1.29 is 34.1 Å². The molecule has 0 amide bonds. The van der Waals surface area contributed by atoms with Gasteiger partial charge in [0.15, 0.2) is 11.9 Å². The second-order valence-corrected chi connectivity index (χ2v) is 6.17. The van der Waals surface area contributed by atoms with E-state index < -0.39 is 36.0 Å². The monoisotopic (exact) mass is 324 g/mol. The average Bonchev–Trinajstić information content (AvgIpc) is 2.41. The van der Waals surface area contributed by atoms with Gasteiger partial charge in [-0.15, -0.1) is 0 Å². The maximum atomic E-state index is 12.2. The summed E-state index contributed by atoms with van der Waals surface area (Å²) in [6.07, 6.45) is -0.919. The van der Waals surface area contributed by atoms with E-state index in [2.05, 4.69) is 0 Å². The Kier molecular flexibility index (Phi) is 5.47. The molecule has 1 atom stereocenters. The van der Waals surface area contributed by atoms with Gasteiger partial charge in [0, 0.05) is 12.5 Å². The van der Waals surface area contributed by atoms with Gasteiger partial charge in [-0.25, -0.2) is 9.59 Å². The minimum Gasteiger partial charge on any atom is -0.481 e. The van der Waals surface area contributed by atoms with Crippen LogP contribution in [-0.2, 0) is 23.9 Å². The SMILES string of the molecule is CC1=C(C)C(C)(C)CC(OC(=O)/C=C(/CC(=O)O)C(=O)O)C1=O. The molecule has 7 heteroatoms. The Hall–Kier alpha value is -2.44. The summed E-state index contributed by atoms with van der Waals surface area (Å²) in [5, 5.41) is 17.5. The van der Waals surface area contributed by atoms with Crippen LogP contribution in [0.3, 0.4) is 0 Å². The molecule has 0 spiro atoms. The van der Waals surface area contributed by atoms with E-state index in [9.17, 15) is 19.2 Å². The molecule has 1 aliphatic carbocycles. The number of carboxylic acid groups (broad SMARTS) is 2. The molecule has 0 saturated heterocycles. The molecule has 23 heavy (non-hydrogen) atoms. The predicted octanol–water partition coefficient (Wildman–Crippen LogP) is 1.72. The van der Waals surface area contributed by atoms with Crippen molar-refractivity contribution in [2.24, 2.45) is 5.41 Å². The van der Waals surface area contributed by atoms with Gasteiger partial charge in [-0.05, 0) is 24.8 Å². The van der Waals surface area contributed by atoms with Crippen LogP contribution in [0.5, 0.6) is 0 Å². The highest BCUT2D eigenvalue weighted by Crippen LogP contribution is 2.39. The number of hydrogen-bond acceptors (Lipinski definition) is 5. The minimum atomic E-state index is -1.52. The Morgan fingerprint density at radius 1 is 1.26 bits per heavy atom. The van der Waals surface area contributed by atoms with Crippen LogP contribution in [0.4, 0.5) is 0 Å². The van der Waals surface area contributed by atoms with Gasteiger partial charge in [-0.1, -0.05) is 19.4 Å². The van der Waals surface area contributed by atoms with Gasteiger partial charge < -0.3 is 14.9 Å². The van der Waals surface area contributed by atoms with Crippen molar-refractivity contribution in [3.8, 4) is 0 Å². The molecule has 7 nitrogen and oxygen atoms in total. The summed E-state index contributed by atoms with van der Waals surface area (Å²) < 4.78 is 5.06. The molecule has 1 aliphatic rings. The fraction of sp³-hybridized carbons (Fsp3) is 0.500.